The summed E-state index contributed by atoms with van der Waals surface area (Å²) < 4.78 is 2.01. The Bertz CT molecular complexity index is 630. The molecule has 21 heavy (non-hydrogen) atoms. The molecule has 3 heterocycles. The quantitative estimate of drug-likeness (QED) is 0.749. The minimum atomic E-state index is -1.00. The van der Waals surface area contributed by atoms with Gasteiger partial charge in [0.1, 0.15) is 12.5 Å². The maximum atomic E-state index is 11.4. The van der Waals surface area contributed by atoms with Gasteiger partial charge in [0.15, 0.2) is 11.5 Å². The molecule has 5 unspecified atom stereocenters. The number of imidazole rings is 1. The zero-order chi connectivity index (χ0) is 14.7. The van der Waals surface area contributed by atoms with Gasteiger partial charge in [0, 0.05) is 10.7 Å². The van der Waals surface area contributed by atoms with Crippen LogP contribution < -0.4 is 10.3 Å². The Morgan fingerprint density at radius 3 is 3.10 bits per heavy atom. The van der Waals surface area contributed by atoms with Gasteiger partial charge in [-0.1, -0.05) is 22.9 Å². The molecule has 0 radical (unpaired) electrons. The Balaban J connectivity index is 1.87. The van der Waals surface area contributed by atoms with Crippen LogP contribution in [-0.2, 0) is 0 Å². The number of aromatic nitrogens is 2. The molecular weight excluding hydrogens is 338 g/mol. The van der Waals surface area contributed by atoms with Crippen molar-refractivity contribution in [3.05, 3.63) is 12.0 Å². The fourth-order valence-corrected chi connectivity index (χ4v) is 5.25. The number of hydrogen-bond acceptors (Lipinski definition) is 5. The number of aromatic carboxylic acids is 1. The third-order valence-corrected chi connectivity index (χ3v) is 5.66. The summed E-state index contributed by atoms with van der Waals surface area (Å²) in [6.45, 7) is 2.26. The summed E-state index contributed by atoms with van der Waals surface area (Å²) in [7, 11) is 0. The summed E-state index contributed by atoms with van der Waals surface area (Å²) >= 11 is 3.80. The molecule has 0 spiro atoms. The highest BCUT2D eigenvalue weighted by Crippen LogP contribution is 2.49. The number of alkyl halides is 1. The Labute approximate surface area is 130 Å². The molecule has 0 amide bonds. The number of nitrogens with one attached hydrogen (secondary N) is 1. The topological polar surface area (TPSA) is 82.8 Å². The van der Waals surface area contributed by atoms with E-state index in [1.807, 2.05) is 9.47 Å². The summed E-state index contributed by atoms with van der Waals surface area (Å²) in [5.74, 6) is 0.617. The van der Waals surface area contributed by atoms with Crippen molar-refractivity contribution in [3.8, 4) is 0 Å². The molecule has 1 aromatic rings. The summed E-state index contributed by atoms with van der Waals surface area (Å²) in [6.07, 6.45) is 5.51. The fraction of sp³-hybridized carbons (Fsp3) is 0.615. The first-order valence-electron chi connectivity index (χ1n) is 7.09. The van der Waals surface area contributed by atoms with Crippen molar-refractivity contribution < 1.29 is 9.90 Å². The van der Waals surface area contributed by atoms with Crippen LogP contribution >= 0.6 is 15.9 Å². The minimum absolute atomic E-state index is 0.0140. The van der Waals surface area contributed by atoms with Crippen molar-refractivity contribution in [3.63, 3.8) is 0 Å². The second kappa shape index (κ2) is 4.46. The van der Waals surface area contributed by atoms with E-state index in [2.05, 4.69) is 38.4 Å². The number of fused-ring (bicyclic) bond motifs is 6. The molecule has 2 N–H and O–H groups in total. The number of halogens is 1. The van der Waals surface area contributed by atoms with Gasteiger partial charge in [-0.15, -0.1) is 0 Å². The van der Waals surface area contributed by atoms with Crippen molar-refractivity contribution >= 4 is 34.1 Å². The number of rotatable bonds is 1. The zero-order valence-electron chi connectivity index (χ0n) is 11.5. The maximum Gasteiger partial charge on any atom is 0.358 e. The van der Waals surface area contributed by atoms with Gasteiger partial charge in [-0.2, -0.15) is 5.10 Å². The lowest BCUT2D eigenvalue weighted by atomic mass is 9.75. The molecule has 5 atom stereocenters. The van der Waals surface area contributed by atoms with E-state index < -0.39 is 5.97 Å². The average Bonchev–Trinajstić information content (AvgIpc) is 3.03. The molecule has 1 saturated carbocycles. The fourth-order valence-electron chi connectivity index (χ4n) is 3.96. The normalized spacial score (nSPS) is 36.7. The van der Waals surface area contributed by atoms with Gasteiger partial charge >= 0.3 is 5.97 Å². The summed E-state index contributed by atoms with van der Waals surface area (Å²) in [4.78, 5) is 17.8. The zero-order valence-corrected chi connectivity index (χ0v) is 13.1. The highest BCUT2D eigenvalue weighted by molar-refractivity contribution is 9.09. The number of carboxylic acids is 1. The second-order valence-electron chi connectivity index (χ2n) is 6.10. The van der Waals surface area contributed by atoms with Crippen LogP contribution in [-0.4, -0.2) is 38.0 Å². The van der Waals surface area contributed by atoms with Crippen LogP contribution in [0.5, 0.6) is 0 Å². The number of carboxylic acid groups (broad SMARTS) is 1. The summed E-state index contributed by atoms with van der Waals surface area (Å²) in [5.41, 5.74) is 3.23. The van der Waals surface area contributed by atoms with Gasteiger partial charge in [0.05, 0.1) is 12.4 Å². The molecule has 7 nitrogen and oxygen atoms in total. The van der Waals surface area contributed by atoms with Gasteiger partial charge in [0.25, 0.3) is 0 Å². The first-order chi connectivity index (χ1) is 10.1. The lowest BCUT2D eigenvalue weighted by molar-refractivity contribution is 0.0690. The van der Waals surface area contributed by atoms with Crippen LogP contribution in [0.3, 0.4) is 0 Å². The van der Waals surface area contributed by atoms with E-state index >= 15 is 0 Å². The monoisotopic (exact) mass is 353 g/mol. The molecule has 0 aromatic carbocycles. The van der Waals surface area contributed by atoms with Crippen LogP contribution in [0, 0.1) is 11.8 Å². The molecule has 4 rings (SSSR count). The predicted molar refractivity (Wildman–Crippen MR) is 80.7 cm³/mol. The van der Waals surface area contributed by atoms with E-state index in [1.54, 1.807) is 12.7 Å². The van der Waals surface area contributed by atoms with Crippen LogP contribution in [0.1, 0.15) is 36.3 Å². The molecule has 1 aromatic heterocycles. The minimum Gasteiger partial charge on any atom is -0.476 e. The molecule has 0 bridgehead atoms. The third kappa shape index (κ3) is 1.74. The van der Waals surface area contributed by atoms with E-state index in [9.17, 15) is 9.90 Å². The van der Waals surface area contributed by atoms with Crippen molar-refractivity contribution in [1.29, 1.82) is 0 Å². The predicted octanol–water partition coefficient (Wildman–Crippen LogP) is 1.62. The first kappa shape index (κ1) is 13.1. The lowest BCUT2D eigenvalue weighted by Gasteiger charge is -2.48. The summed E-state index contributed by atoms with van der Waals surface area (Å²) in [5, 5.41) is 13.5. The van der Waals surface area contributed by atoms with Crippen LogP contribution in [0.4, 0.5) is 5.82 Å². The number of hydrogen-bond donors (Lipinski definition) is 2. The molecule has 0 saturated heterocycles. The van der Waals surface area contributed by atoms with Gasteiger partial charge in [-0.25, -0.2) is 9.78 Å². The smallest absolute Gasteiger partial charge is 0.358 e. The van der Waals surface area contributed by atoms with Crippen LogP contribution in [0.2, 0.25) is 0 Å². The van der Waals surface area contributed by atoms with E-state index in [-0.39, 0.29) is 17.9 Å². The van der Waals surface area contributed by atoms with E-state index in [0.717, 1.165) is 12.8 Å². The highest BCUT2D eigenvalue weighted by Gasteiger charge is 2.49. The number of anilines is 1. The Kier molecular flexibility index (Phi) is 2.79. The maximum absolute atomic E-state index is 11.4. The standard InChI is InChI=1S/C13H16BrN5O2/c1-6-2-7-10(8(14)3-6)18-4-15-9(13(20)21)12(18)19-5-16-17-11(7)19/h4-8,10-11,17H,2-3H2,1H3,(H,20,21). The van der Waals surface area contributed by atoms with Crippen molar-refractivity contribution in [2.24, 2.45) is 16.9 Å². The third-order valence-electron chi connectivity index (χ3n) is 4.74. The highest BCUT2D eigenvalue weighted by atomic mass is 79.9. The van der Waals surface area contributed by atoms with E-state index in [0.29, 0.717) is 22.5 Å². The molecule has 8 heteroatoms. The van der Waals surface area contributed by atoms with E-state index in [1.165, 1.54) is 0 Å². The SMILES string of the molecule is CC1CC(Br)C2C(C1)C1NN=CN1c1c(C(=O)O)ncn12. The van der Waals surface area contributed by atoms with E-state index in [4.69, 9.17) is 0 Å². The first-order valence-corrected chi connectivity index (χ1v) is 8.00. The number of hydrazone groups is 1. The Hall–Kier alpha value is -1.57. The van der Waals surface area contributed by atoms with Crippen LogP contribution in [0.15, 0.2) is 11.4 Å². The number of carbonyl (C=O) groups is 1. The molecule has 2 aliphatic heterocycles. The van der Waals surface area contributed by atoms with Crippen LogP contribution in [0.25, 0.3) is 0 Å². The average molecular weight is 354 g/mol. The Morgan fingerprint density at radius 2 is 2.33 bits per heavy atom. The van der Waals surface area contributed by atoms with Crippen molar-refractivity contribution in [2.45, 2.75) is 36.8 Å². The molecule has 3 aliphatic rings. The summed E-state index contributed by atoms with van der Waals surface area (Å²) in [6, 6.07) is 0.201. The molecule has 1 fully saturated rings. The van der Waals surface area contributed by atoms with Gasteiger partial charge in [0.2, 0.25) is 0 Å². The second-order valence-corrected chi connectivity index (χ2v) is 7.28. The van der Waals surface area contributed by atoms with Crippen molar-refractivity contribution in [2.75, 3.05) is 4.90 Å². The number of nitrogens with zero attached hydrogens (tertiary/aromatic N) is 4. The lowest BCUT2D eigenvalue weighted by Crippen LogP contribution is -2.55. The van der Waals surface area contributed by atoms with Gasteiger partial charge in [-0.05, 0) is 18.8 Å². The molecular formula is C13H16BrN5O2. The van der Waals surface area contributed by atoms with Gasteiger partial charge in [-0.3, -0.25) is 10.3 Å². The Morgan fingerprint density at radius 1 is 1.52 bits per heavy atom. The van der Waals surface area contributed by atoms with Crippen molar-refractivity contribution in [1.82, 2.24) is 15.0 Å². The largest absolute Gasteiger partial charge is 0.476 e. The van der Waals surface area contributed by atoms with Gasteiger partial charge < -0.3 is 9.67 Å². The molecule has 1 aliphatic carbocycles. The molecule has 112 valence electrons.